The largest absolute Gasteiger partial charge is 0.310 e. The van der Waals surface area contributed by atoms with Crippen LogP contribution in [0.5, 0.6) is 0 Å². The number of hydrogen-bond acceptors (Lipinski definition) is 4. The lowest BCUT2D eigenvalue weighted by molar-refractivity contribution is 0.189. The molecule has 0 atom stereocenters. The Kier molecular flexibility index (Phi) is 4.93. The Balaban J connectivity index is 1.33. The summed E-state index contributed by atoms with van der Waals surface area (Å²) >= 11 is 0. The molecule has 3 aromatic rings. The molecule has 1 aliphatic carbocycles. The molecular weight excluding hydrogens is 346 g/mol. The SMILES string of the molecule is c1ccc(-n2cc(CNC3CCN(C4CC4)CC3)c(-c3ccncc3)n2)cc1. The van der Waals surface area contributed by atoms with E-state index in [1.165, 1.54) is 44.3 Å². The summed E-state index contributed by atoms with van der Waals surface area (Å²) in [5, 5.41) is 8.70. The quantitative estimate of drug-likeness (QED) is 0.716. The van der Waals surface area contributed by atoms with Crippen LogP contribution in [0.15, 0.2) is 61.1 Å². The molecule has 1 aliphatic heterocycles. The van der Waals surface area contributed by atoms with Crippen molar-refractivity contribution < 1.29 is 0 Å². The monoisotopic (exact) mass is 373 g/mol. The van der Waals surface area contributed by atoms with E-state index in [0.717, 1.165) is 29.5 Å². The zero-order valence-corrected chi connectivity index (χ0v) is 16.2. The zero-order valence-electron chi connectivity index (χ0n) is 16.2. The van der Waals surface area contributed by atoms with Crippen LogP contribution < -0.4 is 5.32 Å². The summed E-state index contributed by atoms with van der Waals surface area (Å²) in [5.74, 6) is 0. The van der Waals surface area contributed by atoms with E-state index in [-0.39, 0.29) is 0 Å². The summed E-state index contributed by atoms with van der Waals surface area (Å²) in [6.07, 6.45) is 11.1. The minimum Gasteiger partial charge on any atom is -0.310 e. The van der Waals surface area contributed by atoms with Gasteiger partial charge in [-0.1, -0.05) is 18.2 Å². The lowest BCUT2D eigenvalue weighted by atomic mass is 10.0. The molecule has 1 aromatic carbocycles. The molecule has 5 rings (SSSR count). The van der Waals surface area contributed by atoms with Crippen molar-refractivity contribution in [2.24, 2.45) is 0 Å². The predicted molar refractivity (Wildman–Crippen MR) is 111 cm³/mol. The minimum atomic E-state index is 0.598. The van der Waals surface area contributed by atoms with E-state index < -0.39 is 0 Å². The van der Waals surface area contributed by atoms with Crippen LogP contribution in [-0.2, 0) is 6.54 Å². The van der Waals surface area contributed by atoms with Crippen LogP contribution in [0.1, 0.15) is 31.2 Å². The first-order chi connectivity index (χ1) is 13.9. The molecule has 0 radical (unpaired) electrons. The van der Waals surface area contributed by atoms with Crippen LogP contribution in [0.4, 0.5) is 0 Å². The van der Waals surface area contributed by atoms with E-state index in [1.54, 1.807) is 0 Å². The van der Waals surface area contributed by atoms with E-state index in [1.807, 2.05) is 35.3 Å². The fourth-order valence-electron chi connectivity index (χ4n) is 4.17. The van der Waals surface area contributed by atoms with E-state index in [2.05, 4.69) is 45.7 Å². The van der Waals surface area contributed by atoms with Gasteiger partial charge in [-0.3, -0.25) is 4.98 Å². The molecule has 1 N–H and O–H groups in total. The summed E-state index contributed by atoms with van der Waals surface area (Å²) < 4.78 is 1.99. The van der Waals surface area contributed by atoms with Crippen LogP contribution in [0.3, 0.4) is 0 Å². The highest BCUT2D eigenvalue weighted by molar-refractivity contribution is 5.62. The van der Waals surface area contributed by atoms with Crippen molar-refractivity contribution in [2.45, 2.75) is 44.3 Å². The molecule has 1 saturated carbocycles. The Labute approximate surface area is 166 Å². The second-order valence-corrected chi connectivity index (χ2v) is 7.94. The first-order valence-electron chi connectivity index (χ1n) is 10.4. The summed E-state index contributed by atoms with van der Waals surface area (Å²) in [4.78, 5) is 6.83. The van der Waals surface area contributed by atoms with Gasteiger partial charge in [0.05, 0.1) is 11.4 Å². The topological polar surface area (TPSA) is 46.0 Å². The number of piperidine rings is 1. The second-order valence-electron chi connectivity index (χ2n) is 7.94. The summed E-state index contributed by atoms with van der Waals surface area (Å²) in [5.41, 5.74) is 4.47. The zero-order chi connectivity index (χ0) is 18.8. The third-order valence-electron chi connectivity index (χ3n) is 5.94. The van der Waals surface area contributed by atoms with Gasteiger partial charge in [0.2, 0.25) is 0 Å². The summed E-state index contributed by atoms with van der Waals surface area (Å²) in [6.45, 7) is 3.32. The molecule has 2 fully saturated rings. The fraction of sp³-hybridized carbons (Fsp3) is 0.391. The number of likely N-dealkylation sites (tertiary alicyclic amines) is 1. The van der Waals surface area contributed by atoms with Crippen molar-refractivity contribution >= 4 is 0 Å². The van der Waals surface area contributed by atoms with Crippen molar-refractivity contribution in [3.8, 4) is 16.9 Å². The van der Waals surface area contributed by atoms with Gasteiger partial charge in [0.1, 0.15) is 0 Å². The van der Waals surface area contributed by atoms with Crippen LogP contribution in [0.2, 0.25) is 0 Å². The maximum atomic E-state index is 4.90. The van der Waals surface area contributed by atoms with Crippen molar-refractivity contribution in [3.05, 3.63) is 66.6 Å². The number of rotatable bonds is 6. The number of para-hydroxylation sites is 1. The van der Waals surface area contributed by atoms with Crippen molar-refractivity contribution in [2.75, 3.05) is 13.1 Å². The molecule has 0 amide bonds. The highest BCUT2D eigenvalue weighted by atomic mass is 15.3. The molecule has 2 aromatic heterocycles. The molecule has 2 aliphatic rings. The molecule has 3 heterocycles. The smallest absolute Gasteiger partial charge is 0.0973 e. The third-order valence-corrected chi connectivity index (χ3v) is 5.94. The minimum absolute atomic E-state index is 0.598. The van der Waals surface area contributed by atoms with Gasteiger partial charge >= 0.3 is 0 Å². The molecule has 1 saturated heterocycles. The molecule has 5 nitrogen and oxygen atoms in total. The average Bonchev–Trinajstić information content (AvgIpc) is 3.53. The molecule has 0 unspecified atom stereocenters. The normalized spacial score (nSPS) is 18.4. The molecular formula is C23H27N5. The molecule has 0 spiro atoms. The Morgan fingerprint density at radius 2 is 1.68 bits per heavy atom. The summed E-state index contributed by atoms with van der Waals surface area (Å²) in [7, 11) is 0. The van der Waals surface area contributed by atoms with Gasteiger partial charge in [-0.05, 0) is 63.0 Å². The molecule has 0 bridgehead atoms. The number of pyridine rings is 1. The Morgan fingerprint density at radius 3 is 2.39 bits per heavy atom. The van der Waals surface area contributed by atoms with Crippen LogP contribution in [-0.4, -0.2) is 44.8 Å². The van der Waals surface area contributed by atoms with E-state index in [9.17, 15) is 0 Å². The van der Waals surface area contributed by atoms with Gasteiger partial charge in [-0.2, -0.15) is 5.10 Å². The second kappa shape index (κ2) is 7.86. The van der Waals surface area contributed by atoms with E-state index in [0.29, 0.717) is 6.04 Å². The van der Waals surface area contributed by atoms with E-state index in [4.69, 9.17) is 5.10 Å². The number of nitrogens with one attached hydrogen (secondary N) is 1. The standard InChI is InChI=1S/C23H27N5/c1-2-4-22(5-3-1)28-17-19(23(26-28)18-8-12-24-13-9-18)16-25-20-10-14-27(15-11-20)21-6-7-21/h1-5,8-9,12-13,17,20-21,25H,6-7,10-11,14-16H2. The first-order valence-corrected chi connectivity index (χ1v) is 10.4. The summed E-state index contributed by atoms with van der Waals surface area (Å²) in [6, 6.07) is 15.9. The molecule has 144 valence electrons. The highest BCUT2D eigenvalue weighted by Gasteiger charge is 2.31. The Hall–Kier alpha value is -2.50. The van der Waals surface area contributed by atoms with Gasteiger partial charge in [0, 0.05) is 48.3 Å². The van der Waals surface area contributed by atoms with Crippen LogP contribution >= 0.6 is 0 Å². The third kappa shape index (κ3) is 3.86. The maximum Gasteiger partial charge on any atom is 0.0973 e. The Morgan fingerprint density at radius 1 is 0.929 bits per heavy atom. The lowest BCUT2D eigenvalue weighted by Gasteiger charge is -2.32. The van der Waals surface area contributed by atoms with Gasteiger partial charge in [-0.25, -0.2) is 4.68 Å². The highest BCUT2D eigenvalue weighted by Crippen LogP contribution is 2.29. The average molecular weight is 374 g/mol. The van der Waals surface area contributed by atoms with Gasteiger partial charge in [0.25, 0.3) is 0 Å². The number of benzene rings is 1. The van der Waals surface area contributed by atoms with E-state index >= 15 is 0 Å². The predicted octanol–water partition coefficient (Wildman–Crippen LogP) is 3.65. The van der Waals surface area contributed by atoms with Crippen LogP contribution in [0, 0.1) is 0 Å². The molecule has 28 heavy (non-hydrogen) atoms. The van der Waals surface area contributed by atoms with Crippen molar-refractivity contribution in [1.29, 1.82) is 0 Å². The van der Waals surface area contributed by atoms with Crippen molar-refractivity contribution in [3.63, 3.8) is 0 Å². The Bertz CT molecular complexity index is 893. The number of aromatic nitrogens is 3. The van der Waals surface area contributed by atoms with Gasteiger partial charge in [0.15, 0.2) is 0 Å². The van der Waals surface area contributed by atoms with Crippen LogP contribution in [0.25, 0.3) is 16.9 Å². The van der Waals surface area contributed by atoms with Crippen molar-refractivity contribution in [1.82, 2.24) is 25.0 Å². The number of hydrogen-bond donors (Lipinski definition) is 1. The maximum absolute atomic E-state index is 4.90. The fourth-order valence-corrected chi connectivity index (χ4v) is 4.17. The molecule has 5 heteroatoms. The van der Waals surface area contributed by atoms with Gasteiger partial charge in [-0.15, -0.1) is 0 Å². The first kappa shape index (κ1) is 17.6. The lowest BCUT2D eigenvalue weighted by Crippen LogP contribution is -2.43. The van der Waals surface area contributed by atoms with Gasteiger partial charge < -0.3 is 10.2 Å². The number of nitrogens with zero attached hydrogens (tertiary/aromatic N) is 4.